The number of benzene rings is 1. The first-order chi connectivity index (χ1) is 7.59. The molecule has 1 fully saturated rings. The van der Waals surface area contributed by atoms with Crippen LogP contribution in [-0.4, -0.2) is 13.1 Å². The molecule has 2 rings (SSSR count). The second kappa shape index (κ2) is 4.58. The number of hydrogen-bond donors (Lipinski definition) is 1. The lowest BCUT2D eigenvalue weighted by Gasteiger charge is -2.29. The van der Waals surface area contributed by atoms with E-state index in [1.54, 1.807) is 5.56 Å². The Bertz CT molecular complexity index is 362. The van der Waals surface area contributed by atoms with Gasteiger partial charge in [0.2, 0.25) is 0 Å². The summed E-state index contributed by atoms with van der Waals surface area (Å²) < 4.78 is 0. The zero-order valence-corrected chi connectivity index (χ0v) is 10.9. The Morgan fingerprint density at radius 2 is 1.62 bits per heavy atom. The molecule has 1 heteroatoms. The predicted molar refractivity (Wildman–Crippen MR) is 70.2 cm³/mol. The highest BCUT2D eigenvalue weighted by atomic mass is 14.9. The van der Waals surface area contributed by atoms with Crippen LogP contribution in [0.15, 0.2) is 18.2 Å². The highest BCUT2D eigenvalue weighted by Gasteiger charge is 2.20. The van der Waals surface area contributed by atoms with E-state index in [0.29, 0.717) is 11.8 Å². The summed E-state index contributed by atoms with van der Waals surface area (Å²) in [7, 11) is 0. The quantitative estimate of drug-likeness (QED) is 0.815. The first kappa shape index (κ1) is 11.7. The molecular formula is C15H23N. The fraction of sp³-hybridized carbons (Fsp3) is 0.600. The van der Waals surface area contributed by atoms with Crippen molar-refractivity contribution in [2.75, 3.05) is 13.1 Å². The summed E-state index contributed by atoms with van der Waals surface area (Å²) in [5, 5.41) is 3.35. The van der Waals surface area contributed by atoms with Crippen molar-refractivity contribution in [2.24, 2.45) is 0 Å². The van der Waals surface area contributed by atoms with Crippen molar-refractivity contribution >= 4 is 0 Å². The highest BCUT2D eigenvalue weighted by Crippen LogP contribution is 2.30. The van der Waals surface area contributed by atoms with Crippen molar-refractivity contribution in [2.45, 2.75) is 45.4 Å². The summed E-state index contributed by atoms with van der Waals surface area (Å²) in [6.07, 6.45) is 0. The Hall–Kier alpha value is -0.820. The zero-order valence-electron chi connectivity index (χ0n) is 10.9. The van der Waals surface area contributed by atoms with Crippen molar-refractivity contribution in [1.29, 1.82) is 0 Å². The van der Waals surface area contributed by atoms with Crippen molar-refractivity contribution < 1.29 is 0 Å². The van der Waals surface area contributed by atoms with E-state index in [9.17, 15) is 0 Å². The van der Waals surface area contributed by atoms with Crippen molar-refractivity contribution in [1.82, 2.24) is 5.32 Å². The third-order valence-electron chi connectivity index (χ3n) is 3.61. The maximum absolute atomic E-state index is 3.35. The summed E-state index contributed by atoms with van der Waals surface area (Å²) in [5.41, 5.74) is 4.58. The van der Waals surface area contributed by atoms with Crippen molar-refractivity contribution in [3.05, 3.63) is 34.9 Å². The van der Waals surface area contributed by atoms with Gasteiger partial charge in [-0.3, -0.25) is 0 Å². The standard InChI is InChI=1S/C15H23N/c1-10(2)14-6-5-12(13-8-16-9-13)7-15(14)11(3)4/h5-7,10-11,13,16H,8-9H2,1-4H3. The van der Waals surface area contributed by atoms with Crippen LogP contribution in [0.1, 0.15) is 62.1 Å². The molecule has 1 saturated heterocycles. The Kier molecular flexibility index (Phi) is 3.34. The average molecular weight is 217 g/mol. The van der Waals surface area contributed by atoms with E-state index in [-0.39, 0.29) is 0 Å². The van der Waals surface area contributed by atoms with Gasteiger partial charge in [0.25, 0.3) is 0 Å². The van der Waals surface area contributed by atoms with Gasteiger partial charge in [0.15, 0.2) is 0 Å². The van der Waals surface area contributed by atoms with Gasteiger partial charge in [0.05, 0.1) is 0 Å². The number of hydrogen-bond acceptors (Lipinski definition) is 1. The third kappa shape index (κ3) is 2.15. The second-order valence-electron chi connectivity index (χ2n) is 5.55. The Morgan fingerprint density at radius 1 is 1.00 bits per heavy atom. The largest absolute Gasteiger partial charge is 0.315 e. The minimum absolute atomic E-state index is 0.630. The molecule has 0 unspecified atom stereocenters. The fourth-order valence-electron chi connectivity index (χ4n) is 2.40. The van der Waals surface area contributed by atoms with Crippen LogP contribution in [0, 0.1) is 0 Å². The molecule has 0 radical (unpaired) electrons. The van der Waals surface area contributed by atoms with E-state index in [4.69, 9.17) is 0 Å². The van der Waals surface area contributed by atoms with Crippen LogP contribution in [0.25, 0.3) is 0 Å². The summed E-state index contributed by atoms with van der Waals surface area (Å²) in [6.45, 7) is 11.5. The van der Waals surface area contributed by atoms with Crippen LogP contribution in [0.4, 0.5) is 0 Å². The lowest BCUT2D eigenvalue weighted by molar-refractivity contribution is 0.448. The molecule has 1 nitrogen and oxygen atoms in total. The van der Waals surface area contributed by atoms with Crippen LogP contribution < -0.4 is 5.32 Å². The molecule has 88 valence electrons. The Morgan fingerprint density at radius 3 is 2.06 bits per heavy atom. The van der Waals surface area contributed by atoms with Gasteiger partial charge in [-0.05, 0) is 28.5 Å². The SMILES string of the molecule is CC(C)c1ccc(C2CNC2)cc1C(C)C. The minimum atomic E-state index is 0.630. The normalized spacial score (nSPS) is 16.9. The molecule has 0 amide bonds. The van der Waals surface area contributed by atoms with E-state index >= 15 is 0 Å². The molecule has 0 aliphatic carbocycles. The summed E-state index contributed by atoms with van der Waals surface area (Å²) in [6, 6.07) is 7.10. The molecule has 0 spiro atoms. The van der Waals surface area contributed by atoms with Crippen molar-refractivity contribution in [3.63, 3.8) is 0 Å². The topological polar surface area (TPSA) is 12.0 Å². The molecule has 0 aromatic heterocycles. The van der Waals surface area contributed by atoms with E-state index in [1.165, 1.54) is 11.1 Å². The molecule has 0 bridgehead atoms. The minimum Gasteiger partial charge on any atom is -0.315 e. The molecule has 0 saturated carbocycles. The van der Waals surface area contributed by atoms with Gasteiger partial charge in [0, 0.05) is 19.0 Å². The average Bonchev–Trinajstić information content (AvgIpc) is 2.14. The van der Waals surface area contributed by atoms with E-state index < -0.39 is 0 Å². The van der Waals surface area contributed by atoms with Crippen molar-refractivity contribution in [3.8, 4) is 0 Å². The monoisotopic (exact) mass is 217 g/mol. The number of rotatable bonds is 3. The molecule has 1 aliphatic rings. The maximum atomic E-state index is 3.35. The first-order valence-corrected chi connectivity index (χ1v) is 6.44. The maximum Gasteiger partial charge on any atom is 0.00886 e. The summed E-state index contributed by atoms with van der Waals surface area (Å²) >= 11 is 0. The predicted octanol–water partition coefficient (Wildman–Crippen LogP) is 3.62. The lowest BCUT2D eigenvalue weighted by Crippen LogP contribution is -2.39. The smallest absolute Gasteiger partial charge is 0.00886 e. The summed E-state index contributed by atoms with van der Waals surface area (Å²) in [5.74, 6) is 2.01. The zero-order chi connectivity index (χ0) is 11.7. The van der Waals surface area contributed by atoms with Crippen LogP contribution in [0.2, 0.25) is 0 Å². The van der Waals surface area contributed by atoms with E-state index in [0.717, 1.165) is 19.0 Å². The molecular weight excluding hydrogens is 194 g/mol. The second-order valence-corrected chi connectivity index (χ2v) is 5.55. The molecule has 16 heavy (non-hydrogen) atoms. The number of nitrogens with one attached hydrogen (secondary N) is 1. The van der Waals surface area contributed by atoms with Gasteiger partial charge in [-0.1, -0.05) is 45.9 Å². The molecule has 1 aliphatic heterocycles. The van der Waals surface area contributed by atoms with Gasteiger partial charge in [-0.15, -0.1) is 0 Å². The molecule has 1 aromatic carbocycles. The highest BCUT2D eigenvalue weighted by molar-refractivity contribution is 5.38. The van der Waals surface area contributed by atoms with Gasteiger partial charge >= 0.3 is 0 Å². The van der Waals surface area contributed by atoms with E-state index in [1.807, 2.05) is 0 Å². The van der Waals surface area contributed by atoms with Crippen LogP contribution in [0.3, 0.4) is 0 Å². The van der Waals surface area contributed by atoms with Gasteiger partial charge in [-0.25, -0.2) is 0 Å². The first-order valence-electron chi connectivity index (χ1n) is 6.44. The Balaban J connectivity index is 2.35. The third-order valence-corrected chi connectivity index (χ3v) is 3.61. The van der Waals surface area contributed by atoms with Gasteiger partial charge < -0.3 is 5.32 Å². The Labute approximate surface area is 99.3 Å². The van der Waals surface area contributed by atoms with Gasteiger partial charge in [0.1, 0.15) is 0 Å². The molecule has 1 N–H and O–H groups in total. The molecule has 0 atom stereocenters. The molecule has 1 heterocycles. The molecule has 1 aromatic rings. The lowest BCUT2D eigenvalue weighted by atomic mass is 9.85. The van der Waals surface area contributed by atoms with Crippen LogP contribution in [0.5, 0.6) is 0 Å². The van der Waals surface area contributed by atoms with Crippen LogP contribution in [-0.2, 0) is 0 Å². The van der Waals surface area contributed by atoms with Gasteiger partial charge in [-0.2, -0.15) is 0 Å². The summed E-state index contributed by atoms with van der Waals surface area (Å²) in [4.78, 5) is 0. The fourth-order valence-corrected chi connectivity index (χ4v) is 2.40. The van der Waals surface area contributed by atoms with Crippen LogP contribution >= 0.6 is 0 Å². The van der Waals surface area contributed by atoms with E-state index in [2.05, 4.69) is 51.2 Å².